The number of hydrogen-bond donors (Lipinski definition) is 1. The summed E-state index contributed by atoms with van der Waals surface area (Å²) in [6.07, 6.45) is 0. The highest BCUT2D eigenvalue weighted by Crippen LogP contribution is 2.32. The van der Waals surface area contributed by atoms with E-state index >= 15 is 0 Å². The van der Waals surface area contributed by atoms with Crippen LogP contribution in [0.4, 0.5) is 5.69 Å². The lowest BCUT2D eigenvalue weighted by Crippen LogP contribution is -2.05. The van der Waals surface area contributed by atoms with Crippen LogP contribution in [0.15, 0.2) is 36.4 Å². The normalized spacial score (nSPS) is 9.95. The summed E-state index contributed by atoms with van der Waals surface area (Å²) in [5.41, 5.74) is 2.55. The van der Waals surface area contributed by atoms with E-state index in [1.165, 1.54) is 6.92 Å². The molecule has 0 heterocycles. The molecule has 0 spiro atoms. The van der Waals surface area contributed by atoms with Crippen LogP contribution < -0.4 is 14.8 Å². The largest absolute Gasteiger partial charge is 0.493 e. The summed E-state index contributed by atoms with van der Waals surface area (Å²) in [7, 11) is 3.19. The molecule has 1 amide bonds. The van der Waals surface area contributed by atoms with Gasteiger partial charge in [-0.15, -0.1) is 0 Å². The molecule has 103 valence electrons. The number of hydrogen-bond acceptors (Lipinski definition) is 3. The van der Waals surface area contributed by atoms with Gasteiger partial charge in [-0.2, -0.15) is 0 Å². The number of nitrogens with one attached hydrogen (secondary N) is 1. The molecule has 0 fully saturated rings. The number of methoxy groups -OCH3 is 2. The van der Waals surface area contributed by atoms with E-state index in [4.69, 9.17) is 9.47 Å². The first-order chi connectivity index (χ1) is 9.63. The van der Waals surface area contributed by atoms with Crippen LogP contribution in [-0.2, 0) is 4.79 Å². The van der Waals surface area contributed by atoms with Crippen molar-refractivity contribution in [3.05, 3.63) is 42.5 Å². The number of ether oxygens (including phenoxy) is 2. The summed E-state index contributed by atoms with van der Waals surface area (Å²) in [4.78, 5) is 11.1. The molecule has 0 bridgehead atoms. The van der Waals surface area contributed by atoms with E-state index in [-0.39, 0.29) is 5.91 Å². The van der Waals surface area contributed by atoms with E-state index in [1.807, 2.05) is 24.3 Å². The van der Waals surface area contributed by atoms with E-state index in [2.05, 4.69) is 11.4 Å². The molecule has 0 saturated carbocycles. The molecule has 2 aromatic rings. The van der Waals surface area contributed by atoms with Crippen LogP contribution in [0, 0.1) is 6.07 Å². The first-order valence-corrected chi connectivity index (χ1v) is 6.15. The van der Waals surface area contributed by atoms with Crippen LogP contribution in [-0.4, -0.2) is 20.1 Å². The van der Waals surface area contributed by atoms with Crippen molar-refractivity contribution in [3.8, 4) is 22.6 Å². The molecule has 1 N–H and O–H groups in total. The van der Waals surface area contributed by atoms with Gasteiger partial charge in [-0.25, -0.2) is 0 Å². The molecule has 0 aliphatic heterocycles. The Hall–Kier alpha value is -2.49. The Morgan fingerprint density at radius 3 is 2.50 bits per heavy atom. The van der Waals surface area contributed by atoms with Gasteiger partial charge in [0, 0.05) is 12.6 Å². The van der Waals surface area contributed by atoms with Crippen molar-refractivity contribution in [1.82, 2.24) is 0 Å². The second kappa shape index (κ2) is 6.10. The molecular formula is C16H16NO3. The zero-order chi connectivity index (χ0) is 14.5. The second-order valence-electron chi connectivity index (χ2n) is 4.24. The first-order valence-electron chi connectivity index (χ1n) is 6.15. The number of amides is 1. The molecule has 0 saturated heterocycles. The molecule has 0 aliphatic carbocycles. The Morgan fingerprint density at radius 2 is 1.85 bits per heavy atom. The van der Waals surface area contributed by atoms with Crippen molar-refractivity contribution in [1.29, 1.82) is 0 Å². The van der Waals surface area contributed by atoms with Crippen LogP contribution in [0.3, 0.4) is 0 Å². The predicted molar refractivity (Wildman–Crippen MR) is 78.1 cm³/mol. The molecule has 0 aliphatic rings. The maximum absolute atomic E-state index is 11.1. The van der Waals surface area contributed by atoms with Crippen molar-refractivity contribution in [2.75, 3.05) is 19.5 Å². The van der Waals surface area contributed by atoms with Gasteiger partial charge in [-0.3, -0.25) is 4.79 Å². The minimum atomic E-state index is -0.102. The number of benzene rings is 2. The molecule has 20 heavy (non-hydrogen) atoms. The molecule has 0 atom stereocenters. The summed E-state index contributed by atoms with van der Waals surface area (Å²) >= 11 is 0. The van der Waals surface area contributed by atoms with Gasteiger partial charge in [0.05, 0.1) is 14.2 Å². The van der Waals surface area contributed by atoms with E-state index in [0.29, 0.717) is 11.5 Å². The monoisotopic (exact) mass is 270 g/mol. The van der Waals surface area contributed by atoms with Gasteiger partial charge < -0.3 is 14.8 Å². The van der Waals surface area contributed by atoms with Gasteiger partial charge in [0.1, 0.15) is 0 Å². The standard InChI is InChI=1S/C16H16NO3/c1-11(18)17-14-6-4-5-12(9-14)13-7-8-15(19-2)16(10-13)20-3/h4,6-10H,1-3H3,(H,17,18). The second-order valence-corrected chi connectivity index (χ2v) is 4.24. The fraction of sp³-hybridized carbons (Fsp3) is 0.188. The summed E-state index contributed by atoms with van der Waals surface area (Å²) in [6, 6.07) is 14.2. The van der Waals surface area contributed by atoms with Crippen molar-refractivity contribution < 1.29 is 14.3 Å². The third-order valence-corrected chi connectivity index (χ3v) is 2.82. The van der Waals surface area contributed by atoms with Gasteiger partial charge in [0.2, 0.25) is 5.91 Å². The third-order valence-electron chi connectivity index (χ3n) is 2.82. The Bertz CT molecular complexity index is 623. The first kappa shape index (κ1) is 13.9. The van der Waals surface area contributed by atoms with Gasteiger partial charge >= 0.3 is 0 Å². The van der Waals surface area contributed by atoms with Crippen LogP contribution in [0.2, 0.25) is 0 Å². The van der Waals surface area contributed by atoms with Gasteiger partial charge in [0.25, 0.3) is 0 Å². The van der Waals surface area contributed by atoms with Gasteiger partial charge in [-0.1, -0.05) is 12.1 Å². The smallest absolute Gasteiger partial charge is 0.221 e. The highest BCUT2D eigenvalue weighted by Gasteiger charge is 2.07. The highest BCUT2D eigenvalue weighted by atomic mass is 16.5. The summed E-state index contributed by atoms with van der Waals surface area (Å²) in [5, 5.41) is 2.75. The van der Waals surface area contributed by atoms with Crippen LogP contribution in [0.1, 0.15) is 6.92 Å². The number of anilines is 1. The molecule has 2 rings (SSSR count). The van der Waals surface area contributed by atoms with E-state index in [9.17, 15) is 4.79 Å². The minimum absolute atomic E-state index is 0.102. The quantitative estimate of drug-likeness (QED) is 0.928. The molecule has 0 aromatic heterocycles. The van der Waals surface area contributed by atoms with E-state index in [1.54, 1.807) is 26.4 Å². The van der Waals surface area contributed by atoms with Crippen LogP contribution in [0.25, 0.3) is 11.1 Å². The lowest BCUT2D eigenvalue weighted by molar-refractivity contribution is -0.114. The van der Waals surface area contributed by atoms with E-state index in [0.717, 1.165) is 16.8 Å². The summed E-state index contributed by atoms with van der Waals surface area (Å²) < 4.78 is 10.5. The molecule has 4 nitrogen and oxygen atoms in total. The fourth-order valence-corrected chi connectivity index (χ4v) is 1.92. The summed E-state index contributed by atoms with van der Waals surface area (Å²) in [5.74, 6) is 1.23. The predicted octanol–water partition coefficient (Wildman–Crippen LogP) is 3.13. The average Bonchev–Trinajstić information content (AvgIpc) is 2.46. The van der Waals surface area contributed by atoms with Crippen LogP contribution in [0.5, 0.6) is 11.5 Å². The van der Waals surface area contributed by atoms with Crippen molar-refractivity contribution >= 4 is 11.6 Å². The average molecular weight is 270 g/mol. The topological polar surface area (TPSA) is 47.6 Å². The maximum atomic E-state index is 11.1. The summed E-state index contributed by atoms with van der Waals surface area (Å²) in [6.45, 7) is 1.48. The Morgan fingerprint density at radius 1 is 1.10 bits per heavy atom. The molecule has 0 unspecified atom stereocenters. The van der Waals surface area contributed by atoms with Crippen LogP contribution >= 0.6 is 0 Å². The van der Waals surface area contributed by atoms with E-state index < -0.39 is 0 Å². The molecular weight excluding hydrogens is 254 g/mol. The SMILES string of the molecule is COc1ccc(-c2[c]ccc(NC(C)=O)c2)cc1OC. The third kappa shape index (κ3) is 3.09. The Labute approximate surface area is 118 Å². The molecule has 4 heteroatoms. The highest BCUT2D eigenvalue weighted by molar-refractivity contribution is 5.89. The lowest BCUT2D eigenvalue weighted by atomic mass is 10.0. The van der Waals surface area contributed by atoms with Gasteiger partial charge in [0.15, 0.2) is 11.5 Å². The Balaban J connectivity index is 2.38. The Kier molecular flexibility index (Phi) is 4.25. The lowest BCUT2D eigenvalue weighted by Gasteiger charge is -2.10. The van der Waals surface area contributed by atoms with Gasteiger partial charge in [-0.05, 0) is 41.5 Å². The minimum Gasteiger partial charge on any atom is -0.493 e. The van der Waals surface area contributed by atoms with Crippen molar-refractivity contribution in [2.45, 2.75) is 6.92 Å². The molecule has 1 radical (unpaired) electrons. The zero-order valence-corrected chi connectivity index (χ0v) is 11.7. The maximum Gasteiger partial charge on any atom is 0.221 e. The molecule has 2 aromatic carbocycles. The fourth-order valence-electron chi connectivity index (χ4n) is 1.92. The zero-order valence-electron chi connectivity index (χ0n) is 11.7. The number of rotatable bonds is 4. The number of carbonyl (C=O) groups is 1. The van der Waals surface area contributed by atoms with Crippen molar-refractivity contribution in [2.24, 2.45) is 0 Å². The van der Waals surface area contributed by atoms with Crippen molar-refractivity contribution in [3.63, 3.8) is 0 Å². The number of carbonyl (C=O) groups excluding carboxylic acids is 1.